The molecule has 0 bridgehead atoms. The highest BCUT2D eigenvalue weighted by Gasteiger charge is 2.14. The molecule has 1 aromatic heterocycles. The highest BCUT2D eigenvalue weighted by atomic mass is 16.5. The van der Waals surface area contributed by atoms with Crippen LogP contribution in [0.15, 0.2) is 36.5 Å². The molecular weight excluding hydrogens is 360 g/mol. The van der Waals surface area contributed by atoms with Crippen molar-refractivity contribution in [3.8, 4) is 17.1 Å². The van der Waals surface area contributed by atoms with E-state index in [1.54, 1.807) is 6.20 Å². The fourth-order valence-corrected chi connectivity index (χ4v) is 3.23. The van der Waals surface area contributed by atoms with Gasteiger partial charge >= 0.3 is 5.97 Å². The number of rotatable bonds is 13. The number of ether oxygens (including phenoxy) is 1. The molecule has 1 aromatic carbocycles. The summed E-state index contributed by atoms with van der Waals surface area (Å²) >= 11 is 0. The third-order valence-electron chi connectivity index (χ3n) is 5.39. The van der Waals surface area contributed by atoms with Crippen molar-refractivity contribution < 1.29 is 9.53 Å². The van der Waals surface area contributed by atoms with Gasteiger partial charge in [0.15, 0.2) is 5.82 Å². The molecule has 0 spiro atoms. The Morgan fingerprint density at radius 3 is 2.59 bits per heavy atom. The lowest BCUT2D eigenvalue weighted by molar-refractivity contribution is -0.134. The molecule has 4 heteroatoms. The smallest absolute Gasteiger partial charge is 0.311 e. The Balaban J connectivity index is 1.98. The largest absolute Gasteiger partial charge is 0.426 e. The van der Waals surface area contributed by atoms with Crippen LogP contribution in [0.3, 0.4) is 0 Å². The van der Waals surface area contributed by atoms with Crippen molar-refractivity contribution in [1.29, 1.82) is 0 Å². The maximum atomic E-state index is 12.3. The Kier molecular flexibility index (Phi) is 10.4. The van der Waals surface area contributed by atoms with Crippen molar-refractivity contribution in [3.05, 3.63) is 42.2 Å². The minimum absolute atomic E-state index is 0.194. The fraction of sp³-hybridized carbons (Fsp3) is 0.560. The summed E-state index contributed by atoms with van der Waals surface area (Å²) in [5.41, 5.74) is 1.82. The zero-order chi connectivity index (χ0) is 20.9. The van der Waals surface area contributed by atoms with Crippen LogP contribution in [0.1, 0.15) is 84.3 Å². The highest BCUT2D eigenvalue weighted by molar-refractivity contribution is 5.76. The van der Waals surface area contributed by atoms with Gasteiger partial charge in [0.2, 0.25) is 0 Å². The average Bonchev–Trinajstić information content (AvgIpc) is 2.75. The van der Waals surface area contributed by atoms with Gasteiger partial charge < -0.3 is 4.74 Å². The van der Waals surface area contributed by atoms with Gasteiger partial charge in [0.1, 0.15) is 5.75 Å². The van der Waals surface area contributed by atoms with E-state index < -0.39 is 0 Å². The van der Waals surface area contributed by atoms with Gasteiger partial charge in [0, 0.05) is 18.3 Å². The number of hydrogen-bond acceptors (Lipinski definition) is 4. The lowest BCUT2D eigenvalue weighted by Crippen LogP contribution is -2.10. The summed E-state index contributed by atoms with van der Waals surface area (Å²) in [6, 6.07) is 9.52. The van der Waals surface area contributed by atoms with Crippen LogP contribution in [0.25, 0.3) is 11.4 Å². The van der Waals surface area contributed by atoms with Crippen LogP contribution >= 0.6 is 0 Å². The second kappa shape index (κ2) is 13.1. The number of carbonyl (C=O) groups is 1. The van der Waals surface area contributed by atoms with Gasteiger partial charge in [-0.15, -0.1) is 0 Å². The standard InChI is InChI=1S/C25H36N2O2/c1-4-6-7-8-9-10-13-21-18-19-26-25(27-21)22-14-11-12-15-23(22)29-24(28)17-16-20(3)5-2/h11-12,14-15,18-20H,4-10,13,16-17H2,1-3H3. The first-order valence-corrected chi connectivity index (χ1v) is 11.3. The van der Waals surface area contributed by atoms with Gasteiger partial charge in [-0.05, 0) is 43.4 Å². The summed E-state index contributed by atoms with van der Waals surface area (Å²) in [6.07, 6.45) is 12.7. The Hall–Kier alpha value is -2.23. The molecule has 1 atom stereocenters. The minimum atomic E-state index is -0.194. The normalized spacial score (nSPS) is 12.0. The van der Waals surface area contributed by atoms with Crippen molar-refractivity contribution >= 4 is 5.97 Å². The Morgan fingerprint density at radius 1 is 1.03 bits per heavy atom. The zero-order valence-electron chi connectivity index (χ0n) is 18.3. The molecule has 0 saturated carbocycles. The number of para-hydroxylation sites is 1. The molecule has 0 aliphatic carbocycles. The third kappa shape index (κ3) is 8.35. The monoisotopic (exact) mass is 396 g/mol. The average molecular weight is 397 g/mol. The molecule has 0 fully saturated rings. The van der Waals surface area contributed by atoms with Crippen LogP contribution in [0.2, 0.25) is 0 Å². The Labute approximate surface area is 176 Å². The summed E-state index contributed by atoms with van der Waals surface area (Å²) in [4.78, 5) is 21.4. The lowest BCUT2D eigenvalue weighted by atomic mass is 10.0. The molecule has 0 aliphatic rings. The molecule has 0 radical (unpaired) electrons. The second-order valence-electron chi connectivity index (χ2n) is 7.91. The van der Waals surface area contributed by atoms with Crippen LogP contribution < -0.4 is 4.74 Å². The fourth-order valence-electron chi connectivity index (χ4n) is 3.23. The maximum Gasteiger partial charge on any atom is 0.311 e. The molecule has 0 N–H and O–H groups in total. The second-order valence-corrected chi connectivity index (χ2v) is 7.91. The molecule has 1 heterocycles. The topological polar surface area (TPSA) is 52.1 Å². The van der Waals surface area contributed by atoms with Crippen molar-refractivity contribution in [2.75, 3.05) is 0 Å². The van der Waals surface area contributed by atoms with Gasteiger partial charge in [-0.25, -0.2) is 9.97 Å². The zero-order valence-corrected chi connectivity index (χ0v) is 18.3. The maximum absolute atomic E-state index is 12.3. The molecule has 29 heavy (non-hydrogen) atoms. The van der Waals surface area contributed by atoms with E-state index in [-0.39, 0.29) is 5.97 Å². The van der Waals surface area contributed by atoms with E-state index in [0.29, 0.717) is 23.9 Å². The van der Waals surface area contributed by atoms with E-state index in [0.717, 1.165) is 36.9 Å². The molecule has 2 aromatic rings. The minimum Gasteiger partial charge on any atom is -0.426 e. The number of aromatic nitrogens is 2. The third-order valence-corrected chi connectivity index (χ3v) is 5.39. The van der Waals surface area contributed by atoms with Crippen molar-refractivity contribution in [2.45, 2.75) is 85.0 Å². The first-order valence-electron chi connectivity index (χ1n) is 11.3. The number of hydrogen-bond donors (Lipinski definition) is 0. The molecular formula is C25H36N2O2. The summed E-state index contributed by atoms with van der Waals surface area (Å²) in [5, 5.41) is 0. The Bertz CT molecular complexity index is 745. The van der Waals surface area contributed by atoms with Crippen molar-refractivity contribution in [3.63, 3.8) is 0 Å². The van der Waals surface area contributed by atoms with Gasteiger partial charge in [-0.3, -0.25) is 4.79 Å². The predicted molar refractivity (Wildman–Crippen MR) is 119 cm³/mol. The summed E-state index contributed by atoms with van der Waals surface area (Å²) in [5.74, 6) is 1.50. The van der Waals surface area contributed by atoms with Crippen LogP contribution in [-0.2, 0) is 11.2 Å². The molecule has 0 saturated heterocycles. The number of carbonyl (C=O) groups excluding carboxylic acids is 1. The van der Waals surface area contributed by atoms with Crippen molar-refractivity contribution in [1.82, 2.24) is 9.97 Å². The first-order chi connectivity index (χ1) is 14.1. The summed E-state index contributed by atoms with van der Waals surface area (Å²) < 4.78 is 5.65. The van der Waals surface area contributed by atoms with Gasteiger partial charge in [-0.1, -0.05) is 71.4 Å². The molecule has 4 nitrogen and oxygen atoms in total. The van der Waals surface area contributed by atoms with Crippen LogP contribution in [-0.4, -0.2) is 15.9 Å². The predicted octanol–water partition coefficient (Wildman–Crippen LogP) is 6.78. The van der Waals surface area contributed by atoms with Gasteiger partial charge in [0.05, 0.1) is 5.56 Å². The number of unbranched alkanes of at least 4 members (excludes halogenated alkanes) is 5. The summed E-state index contributed by atoms with van der Waals surface area (Å²) in [6.45, 7) is 6.54. The quantitative estimate of drug-likeness (QED) is 0.213. The molecule has 0 aliphatic heterocycles. The van der Waals surface area contributed by atoms with Crippen LogP contribution in [0.5, 0.6) is 5.75 Å². The van der Waals surface area contributed by atoms with Gasteiger partial charge in [-0.2, -0.15) is 0 Å². The number of benzene rings is 1. The SMILES string of the molecule is CCCCCCCCc1ccnc(-c2ccccc2OC(=O)CCC(C)CC)n1. The molecule has 1 unspecified atom stereocenters. The molecule has 0 amide bonds. The number of nitrogens with zero attached hydrogens (tertiary/aromatic N) is 2. The van der Waals surface area contributed by atoms with E-state index in [1.807, 2.05) is 30.3 Å². The van der Waals surface area contributed by atoms with E-state index in [2.05, 4.69) is 25.8 Å². The highest BCUT2D eigenvalue weighted by Crippen LogP contribution is 2.28. The molecule has 158 valence electrons. The number of aryl methyl sites for hydroxylation is 1. The van der Waals surface area contributed by atoms with Crippen LogP contribution in [0, 0.1) is 5.92 Å². The van der Waals surface area contributed by atoms with Crippen LogP contribution in [0.4, 0.5) is 0 Å². The Morgan fingerprint density at radius 2 is 1.79 bits per heavy atom. The van der Waals surface area contributed by atoms with E-state index >= 15 is 0 Å². The van der Waals surface area contributed by atoms with Crippen molar-refractivity contribution in [2.24, 2.45) is 5.92 Å². The van der Waals surface area contributed by atoms with E-state index in [9.17, 15) is 4.79 Å². The molecule has 2 rings (SSSR count). The van der Waals surface area contributed by atoms with E-state index in [4.69, 9.17) is 9.72 Å². The first kappa shape index (κ1) is 23.1. The van der Waals surface area contributed by atoms with E-state index in [1.165, 1.54) is 32.1 Å². The van der Waals surface area contributed by atoms with Gasteiger partial charge in [0.25, 0.3) is 0 Å². The summed E-state index contributed by atoms with van der Waals surface area (Å²) in [7, 11) is 0. The lowest BCUT2D eigenvalue weighted by Gasteiger charge is -2.11. The number of esters is 1.